The van der Waals surface area contributed by atoms with Crippen molar-refractivity contribution in [3.63, 3.8) is 0 Å². The predicted molar refractivity (Wildman–Crippen MR) is 109 cm³/mol. The number of anilines is 1. The van der Waals surface area contributed by atoms with Crippen molar-refractivity contribution in [1.29, 1.82) is 0 Å². The lowest BCUT2D eigenvalue weighted by Gasteiger charge is -2.24. The van der Waals surface area contributed by atoms with Crippen LogP contribution in [0.25, 0.3) is 0 Å². The number of carboxylic acids is 1. The van der Waals surface area contributed by atoms with Crippen LogP contribution in [0.5, 0.6) is 0 Å². The molecule has 1 amide bonds. The Morgan fingerprint density at radius 1 is 1.23 bits per heavy atom. The largest absolute Gasteiger partial charge is 0.480 e. The van der Waals surface area contributed by atoms with Crippen LogP contribution in [-0.2, 0) is 17.5 Å². The molecular formula is C20H23F3N4O3S. The number of pyridine rings is 1. The van der Waals surface area contributed by atoms with Crippen LogP contribution in [0.4, 0.5) is 18.9 Å². The minimum Gasteiger partial charge on any atom is -0.480 e. The van der Waals surface area contributed by atoms with Crippen LogP contribution >= 0.6 is 11.3 Å². The Labute approximate surface area is 181 Å². The van der Waals surface area contributed by atoms with Gasteiger partial charge in [-0.05, 0) is 24.5 Å². The number of hydrogen-bond acceptors (Lipinski definition) is 6. The van der Waals surface area contributed by atoms with Gasteiger partial charge >= 0.3 is 12.1 Å². The second-order valence-corrected chi connectivity index (χ2v) is 8.62. The maximum absolute atomic E-state index is 12.7. The quantitative estimate of drug-likeness (QED) is 0.547. The van der Waals surface area contributed by atoms with Gasteiger partial charge in [-0.15, -0.1) is 11.3 Å². The monoisotopic (exact) mass is 456 g/mol. The Bertz CT molecular complexity index is 913. The molecule has 0 radical (unpaired) electrons. The van der Waals surface area contributed by atoms with Crippen LogP contribution in [-0.4, -0.2) is 33.0 Å². The molecule has 168 valence electrons. The molecule has 0 bridgehead atoms. The molecule has 31 heavy (non-hydrogen) atoms. The van der Waals surface area contributed by atoms with Gasteiger partial charge in [-0.1, -0.05) is 32.1 Å². The lowest BCUT2D eigenvalue weighted by Crippen LogP contribution is -2.42. The van der Waals surface area contributed by atoms with Gasteiger partial charge in [0.15, 0.2) is 0 Å². The van der Waals surface area contributed by atoms with E-state index in [0.29, 0.717) is 17.3 Å². The van der Waals surface area contributed by atoms with Crippen molar-refractivity contribution in [2.75, 3.05) is 5.32 Å². The van der Waals surface area contributed by atoms with E-state index >= 15 is 0 Å². The maximum Gasteiger partial charge on any atom is 0.433 e. The van der Waals surface area contributed by atoms with Gasteiger partial charge in [0.25, 0.3) is 5.91 Å². The molecule has 1 aliphatic carbocycles. The molecule has 1 atom stereocenters. The Morgan fingerprint density at radius 3 is 2.65 bits per heavy atom. The zero-order valence-corrected chi connectivity index (χ0v) is 17.4. The number of amides is 1. The van der Waals surface area contributed by atoms with Gasteiger partial charge in [-0.25, -0.2) is 9.78 Å². The van der Waals surface area contributed by atoms with Crippen LogP contribution < -0.4 is 10.6 Å². The average molecular weight is 456 g/mol. The highest BCUT2D eigenvalue weighted by atomic mass is 32.1. The van der Waals surface area contributed by atoms with Crippen molar-refractivity contribution in [1.82, 2.24) is 15.3 Å². The molecule has 1 fully saturated rings. The summed E-state index contributed by atoms with van der Waals surface area (Å²) in [6.07, 6.45) is 3.53. The molecule has 11 heteroatoms. The number of alkyl halides is 3. The Balaban J connectivity index is 1.56. The van der Waals surface area contributed by atoms with E-state index in [1.54, 1.807) is 0 Å². The normalized spacial score (nSPS) is 16.0. The Kier molecular flexibility index (Phi) is 7.47. The molecule has 0 spiro atoms. The number of aliphatic carboxylic acids is 1. The number of nitrogens with zero attached hydrogens (tertiary/aromatic N) is 2. The Morgan fingerprint density at radius 2 is 1.97 bits per heavy atom. The summed E-state index contributed by atoms with van der Waals surface area (Å²) in [6, 6.07) is 1.33. The fraction of sp³-hybridized carbons (Fsp3) is 0.500. The zero-order chi connectivity index (χ0) is 22.4. The van der Waals surface area contributed by atoms with Gasteiger partial charge in [0, 0.05) is 11.9 Å². The molecule has 2 aromatic rings. The van der Waals surface area contributed by atoms with E-state index in [1.165, 1.54) is 12.3 Å². The summed E-state index contributed by atoms with van der Waals surface area (Å²) in [4.78, 5) is 31.7. The fourth-order valence-electron chi connectivity index (χ4n) is 3.58. The Hall–Kier alpha value is -2.69. The van der Waals surface area contributed by atoms with E-state index in [4.69, 9.17) is 0 Å². The van der Waals surface area contributed by atoms with E-state index in [0.717, 1.165) is 55.7 Å². The van der Waals surface area contributed by atoms with Gasteiger partial charge < -0.3 is 15.7 Å². The standard InChI is InChI=1S/C20H23F3N4O3S/c21-20(22,23)16-9-13(6-7-24-16)25-11-17-26-10-15(31-17)18(28)27-14(19(29)30)8-12-4-2-1-3-5-12/h6-7,9-10,12,14H,1-5,8,11H2,(H,24,25)(H,27,28)(H,29,30)/t14-/m0/s1. The summed E-state index contributed by atoms with van der Waals surface area (Å²) in [7, 11) is 0. The van der Waals surface area contributed by atoms with Gasteiger partial charge in [0.1, 0.15) is 21.6 Å². The van der Waals surface area contributed by atoms with E-state index in [1.807, 2.05) is 0 Å². The molecule has 3 rings (SSSR count). The van der Waals surface area contributed by atoms with E-state index in [2.05, 4.69) is 20.6 Å². The number of rotatable bonds is 8. The van der Waals surface area contributed by atoms with Crippen molar-refractivity contribution in [2.24, 2.45) is 5.92 Å². The maximum atomic E-state index is 12.7. The molecule has 0 saturated heterocycles. The number of aromatic nitrogens is 2. The first-order chi connectivity index (χ1) is 14.7. The van der Waals surface area contributed by atoms with Gasteiger partial charge in [0.2, 0.25) is 0 Å². The molecule has 2 heterocycles. The third-order valence-electron chi connectivity index (χ3n) is 5.17. The minimum atomic E-state index is -4.54. The highest BCUT2D eigenvalue weighted by Crippen LogP contribution is 2.29. The molecule has 7 nitrogen and oxygen atoms in total. The van der Waals surface area contributed by atoms with E-state index in [-0.39, 0.29) is 17.1 Å². The average Bonchev–Trinajstić information content (AvgIpc) is 3.21. The van der Waals surface area contributed by atoms with E-state index in [9.17, 15) is 27.9 Å². The number of nitrogens with one attached hydrogen (secondary N) is 2. The molecule has 0 unspecified atom stereocenters. The minimum absolute atomic E-state index is 0.115. The number of carbonyl (C=O) groups excluding carboxylic acids is 1. The summed E-state index contributed by atoms with van der Waals surface area (Å²) in [5.41, 5.74) is -0.781. The predicted octanol–water partition coefficient (Wildman–Crippen LogP) is 4.32. The summed E-state index contributed by atoms with van der Waals surface area (Å²) in [6.45, 7) is 0.115. The lowest BCUT2D eigenvalue weighted by atomic mass is 9.85. The molecule has 1 saturated carbocycles. The topological polar surface area (TPSA) is 104 Å². The van der Waals surface area contributed by atoms with Crippen molar-refractivity contribution in [2.45, 2.75) is 57.3 Å². The van der Waals surface area contributed by atoms with Crippen LogP contribution in [0.1, 0.15) is 58.9 Å². The first-order valence-electron chi connectivity index (χ1n) is 9.98. The zero-order valence-electron chi connectivity index (χ0n) is 16.6. The lowest BCUT2D eigenvalue weighted by molar-refractivity contribution is -0.141. The summed E-state index contributed by atoms with van der Waals surface area (Å²) in [5.74, 6) is -1.29. The number of halogens is 3. The molecular weight excluding hydrogens is 433 g/mol. The van der Waals surface area contributed by atoms with Gasteiger partial charge in [-0.2, -0.15) is 13.2 Å². The van der Waals surface area contributed by atoms with Crippen LogP contribution in [0.2, 0.25) is 0 Å². The summed E-state index contributed by atoms with van der Waals surface area (Å²) < 4.78 is 38.2. The fourth-order valence-corrected chi connectivity index (χ4v) is 4.34. The second-order valence-electron chi connectivity index (χ2n) is 7.50. The SMILES string of the molecule is O=C(N[C@@H](CC1CCCCC1)C(=O)O)c1cnc(CNc2ccnc(C(F)(F)F)c2)s1. The van der Waals surface area contributed by atoms with Gasteiger partial charge in [0.05, 0.1) is 12.7 Å². The van der Waals surface area contributed by atoms with Crippen LogP contribution in [0, 0.1) is 5.92 Å². The number of carboxylic acid groups (broad SMARTS) is 1. The highest BCUT2D eigenvalue weighted by Gasteiger charge is 2.32. The summed E-state index contributed by atoms with van der Waals surface area (Å²) in [5, 5.41) is 15.3. The highest BCUT2D eigenvalue weighted by molar-refractivity contribution is 7.13. The second kappa shape index (κ2) is 10.1. The molecule has 2 aromatic heterocycles. The van der Waals surface area contributed by atoms with Gasteiger partial charge in [-0.3, -0.25) is 9.78 Å². The molecule has 0 aliphatic heterocycles. The smallest absolute Gasteiger partial charge is 0.433 e. The third kappa shape index (κ3) is 6.65. The van der Waals surface area contributed by atoms with Crippen molar-refractivity contribution in [3.05, 3.63) is 40.1 Å². The van der Waals surface area contributed by atoms with Crippen molar-refractivity contribution in [3.8, 4) is 0 Å². The van der Waals surface area contributed by atoms with E-state index < -0.39 is 29.8 Å². The molecule has 0 aromatic carbocycles. The number of hydrogen-bond donors (Lipinski definition) is 3. The number of thiazole rings is 1. The molecule has 1 aliphatic rings. The van der Waals surface area contributed by atoms with Crippen LogP contribution in [0.3, 0.4) is 0 Å². The third-order valence-corrected chi connectivity index (χ3v) is 6.16. The first-order valence-corrected chi connectivity index (χ1v) is 10.8. The first kappa shape index (κ1) is 23.0. The van der Waals surface area contributed by atoms with Crippen molar-refractivity contribution < 1.29 is 27.9 Å². The molecule has 3 N–H and O–H groups in total. The van der Waals surface area contributed by atoms with Crippen molar-refractivity contribution >= 4 is 28.9 Å². The van der Waals surface area contributed by atoms with Crippen LogP contribution in [0.15, 0.2) is 24.5 Å². The number of carbonyl (C=O) groups is 2. The summed E-state index contributed by atoms with van der Waals surface area (Å²) >= 11 is 1.05.